The van der Waals surface area contributed by atoms with Gasteiger partial charge in [-0.1, -0.05) is 167 Å². The minimum Gasteiger partial charge on any atom is -0.462 e. The largest absolute Gasteiger partial charge is 0.472 e. The molecule has 2 atom stereocenters. The maximum Gasteiger partial charge on any atom is 0.472 e. The number of rotatable bonds is 43. The number of phosphoric ester groups is 1. The number of hydrogen-bond acceptors (Lipinski definition) is 8. The fourth-order valence-electron chi connectivity index (χ4n) is 6.39. The summed E-state index contributed by atoms with van der Waals surface area (Å²) in [4.78, 5) is 34.9. The highest BCUT2D eigenvalue weighted by Gasteiger charge is 2.26. The summed E-state index contributed by atoms with van der Waals surface area (Å²) in [5.41, 5.74) is 5.35. The van der Waals surface area contributed by atoms with Gasteiger partial charge in [0.2, 0.25) is 0 Å². The van der Waals surface area contributed by atoms with Crippen LogP contribution in [0.1, 0.15) is 219 Å². The third-order valence-corrected chi connectivity index (χ3v) is 10.8. The minimum atomic E-state index is -4.38. The van der Waals surface area contributed by atoms with Gasteiger partial charge in [-0.3, -0.25) is 18.6 Å². The number of unbranched alkanes of at least 4 members (excludes halogenated alkanes) is 26. The van der Waals surface area contributed by atoms with Gasteiger partial charge in [-0.15, -0.1) is 0 Å². The predicted molar refractivity (Wildman–Crippen MR) is 229 cm³/mol. The molecule has 0 aromatic rings. The van der Waals surface area contributed by atoms with Crippen LogP contribution in [0.25, 0.3) is 0 Å². The Labute approximate surface area is 338 Å². The first-order chi connectivity index (χ1) is 26.8. The smallest absolute Gasteiger partial charge is 0.462 e. The lowest BCUT2D eigenvalue weighted by atomic mass is 10.1. The molecule has 9 nitrogen and oxygen atoms in total. The number of esters is 2. The van der Waals surface area contributed by atoms with Crippen molar-refractivity contribution in [2.24, 2.45) is 5.73 Å². The van der Waals surface area contributed by atoms with E-state index in [1.165, 1.54) is 141 Å². The van der Waals surface area contributed by atoms with Gasteiger partial charge < -0.3 is 20.1 Å². The fourth-order valence-corrected chi connectivity index (χ4v) is 7.15. The van der Waals surface area contributed by atoms with Crippen LogP contribution in [0.15, 0.2) is 24.3 Å². The molecule has 0 aromatic heterocycles. The maximum absolute atomic E-state index is 12.6. The molecular weight excluding hydrogens is 713 g/mol. The molecule has 324 valence electrons. The van der Waals surface area contributed by atoms with E-state index in [2.05, 4.69) is 38.2 Å². The molecule has 0 amide bonds. The van der Waals surface area contributed by atoms with Crippen molar-refractivity contribution >= 4 is 19.8 Å². The SMILES string of the molecule is CCCCCCCC/C=C/CCCCCCCCCCCC(=O)OC[C@H](COP(=O)(O)OCCN)OC(=O)CCCCC/C=C/CCCCCCCCCC. The zero-order valence-electron chi connectivity index (χ0n) is 35.7. The Morgan fingerprint density at radius 3 is 1.31 bits per heavy atom. The molecule has 0 aliphatic rings. The van der Waals surface area contributed by atoms with Gasteiger partial charge >= 0.3 is 19.8 Å². The molecule has 1 unspecified atom stereocenters. The number of hydrogen-bond donors (Lipinski definition) is 2. The molecule has 3 N–H and O–H groups in total. The van der Waals surface area contributed by atoms with Crippen LogP contribution in [0, 0.1) is 0 Å². The fraction of sp³-hybridized carbons (Fsp3) is 0.867. The maximum atomic E-state index is 12.6. The summed E-state index contributed by atoms with van der Waals surface area (Å²) < 4.78 is 32.8. The number of nitrogens with two attached hydrogens (primary N) is 1. The summed E-state index contributed by atoms with van der Waals surface area (Å²) in [6.45, 7) is 3.73. The third-order valence-electron chi connectivity index (χ3n) is 9.81. The lowest BCUT2D eigenvalue weighted by Gasteiger charge is -2.19. The van der Waals surface area contributed by atoms with Gasteiger partial charge in [-0.25, -0.2) is 4.57 Å². The van der Waals surface area contributed by atoms with Crippen LogP contribution in [0.4, 0.5) is 0 Å². The van der Waals surface area contributed by atoms with Crippen molar-refractivity contribution in [3.8, 4) is 0 Å². The van der Waals surface area contributed by atoms with E-state index >= 15 is 0 Å². The zero-order chi connectivity index (χ0) is 40.3. The van der Waals surface area contributed by atoms with Gasteiger partial charge in [0.1, 0.15) is 6.61 Å². The second kappa shape index (κ2) is 42.1. The first-order valence-corrected chi connectivity index (χ1v) is 24.3. The van der Waals surface area contributed by atoms with Gasteiger partial charge in [0.25, 0.3) is 0 Å². The van der Waals surface area contributed by atoms with E-state index in [0.29, 0.717) is 6.42 Å². The van der Waals surface area contributed by atoms with Crippen LogP contribution in [0.2, 0.25) is 0 Å². The van der Waals surface area contributed by atoms with E-state index in [0.717, 1.165) is 44.9 Å². The summed E-state index contributed by atoms with van der Waals surface area (Å²) in [6, 6.07) is 0. The minimum absolute atomic E-state index is 0.0520. The van der Waals surface area contributed by atoms with Crippen molar-refractivity contribution in [1.29, 1.82) is 0 Å². The van der Waals surface area contributed by atoms with E-state index in [-0.39, 0.29) is 38.6 Å². The summed E-state index contributed by atoms with van der Waals surface area (Å²) in [5, 5.41) is 0. The van der Waals surface area contributed by atoms with Crippen LogP contribution in [0.3, 0.4) is 0 Å². The number of carbonyl (C=O) groups excluding carboxylic acids is 2. The van der Waals surface area contributed by atoms with Gasteiger partial charge in [0.05, 0.1) is 13.2 Å². The van der Waals surface area contributed by atoms with Crippen molar-refractivity contribution in [3.63, 3.8) is 0 Å². The molecule has 0 heterocycles. The molecule has 0 aromatic carbocycles. The second-order valence-corrected chi connectivity index (χ2v) is 16.7. The highest BCUT2D eigenvalue weighted by molar-refractivity contribution is 7.47. The van der Waals surface area contributed by atoms with Crippen molar-refractivity contribution in [3.05, 3.63) is 24.3 Å². The van der Waals surface area contributed by atoms with Crippen molar-refractivity contribution in [2.75, 3.05) is 26.4 Å². The summed E-state index contributed by atoms with van der Waals surface area (Å²) in [5.74, 6) is -0.842. The molecule has 0 aliphatic heterocycles. The van der Waals surface area contributed by atoms with E-state index in [4.69, 9.17) is 24.3 Å². The Hall–Kier alpha value is -1.51. The Morgan fingerprint density at radius 1 is 0.527 bits per heavy atom. The Kier molecular flexibility index (Phi) is 40.9. The first kappa shape index (κ1) is 53.5. The average molecular weight is 800 g/mol. The Bertz CT molecular complexity index is 959. The topological polar surface area (TPSA) is 134 Å². The monoisotopic (exact) mass is 800 g/mol. The molecule has 0 rings (SSSR count). The second-order valence-electron chi connectivity index (χ2n) is 15.3. The molecule has 10 heteroatoms. The first-order valence-electron chi connectivity index (χ1n) is 22.8. The van der Waals surface area contributed by atoms with Gasteiger partial charge in [0, 0.05) is 19.4 Å². The number of allylic oxidation sites excluding steroid dienone is 4. The molecule has 0 bridgehead atoms. The third kappa shape index (κ3) is 41.9. The van der Waals surface area contributed by atoms with Crippen LogP contribution >= 0.6 is 7.82 Å². The lowest BCUT2D eigenvalue weighted by Crippen LogP contribution is -2.29. The van der Waals surface area contributed by atoms with Crippen molar-refractivity contribution in [2.45, 2.75) is 225 Å². The Balaban J connectivity index is 4.11. The molecule has 0 saturated heterocycles. The molecule has 0 aliphatic carbocycles. The van der Waals surface area contributed by atoms with E-state index < -0.39 is 26.5 Å². The zero-order valence-corrected chi connectivity index (χ0v) is 36.6. The highest BCUT2D eigenvalue weighted by Crippen LogP contribution is 2.43. The quantitative estimate of drug-likeness (QED) is 0.0267. The summed E-state index contributed by atoms with van der Waals surface area (Å²) in [6.07, 6.45) is 44.9. The molecule has 0 fully saturated rings. The molecule has 0 radical (unpaired) electrons. The van der Waals surface area contributed by atoms with E-state index in [1.54, 1.807) is 0 Å². The highest BCUT2D eigenvalue weighted by atomic mass is 31.2. The van der Waals surface area contributed by atoms with E-state index in [1.807, 2.05) is 0 Å². The van der Waals surface area contributed by atoms with Crippen LogP contribution < -0.4 is 5.73 Å². The van der Waals surface area contributed by atoms with Crippen LogP contribution in [-0.4, -0.2) is 49.3 Å². The Morgan fingerprint density at radius 2 is 0.891 bits per heavy atom. The number of ether oxygens (including phenoxy) is 2. The van der Waals surface area contributed by atoms with Crippen LogP contribution in [0.5, 0.6) is 0 Å². The van der Waals surface area contributed by atoms with Crippen molar-refractivity contribution < 1.29 is 37.6 Å². The molecule has 0 spiro atoms. The standard InChI is InChI=1S/C45H86NO8P/c1-3-5-7-9-11-13-15-17-19-20-21-22-24-25-27-29-31-33-35-37-44(47)51-41-43(42-53-55(49,50)52-40-39-46)54-45(48)38-36-34-32-30-28-26-23-18-16-14-12-10-8-6-4-2/h17,19,26,28,43H,3-16,18,20-25,27,29-42,46H2,1-2H3,(H,49,50)/b19-17+,28-26+/t43-/m1/s1. The molecular formula is C45H86NO8P. The molecule has 0 saturated carbocycles. The average Bonchev–Trinajstić information content (AvgIpc) is 3.17. The predicted octanol–water partition coefficient (Wildman–Crippen LogP) is 13.2. The molecule has 55 heavy (non-hydrogen) atoms. The summed E-state index contributed by atoms with van der Waals surface area (Å²) in [7, 11) is -4.38. The number of carbonyl (C=O) groups is 2. The van der Waals surface area contributed by atoms with Crippen molar-refractivity contribution in [1.82, 2.24) is 0 Å². The number of phosphoric acid groups is 1. The van der Waals surface area contributed by atoms with Gasteiger partial charge in [-0.2, -0.15) is 0 Å². The van der Waals surface area contributed by atoms with E-state index in [9.17, 15) is 19.0 Å². The van der Waals surface area contributed by atoms with Gasteiger partial charge in [-0.05, 0) is 64.2 Å². The lowest BCUT2D eigenvalue weighted by molar-refractivity contribution is -0.161. The van der Waals surface area contributed by atoms with Crippen LogP contribution in [-0.2, 0) is 32.7 Å². The van der Waals surface area contributed by atoms with Gasteiger partial charge in [0.15, 0.2) is 6.10 Å². The summed E-state index contributed by atoms with van der Waals surface area (Å²) >= 11 is 0. The normalized spacial score (nSPS) is 13.5.